The number of allylic oxidation sites excluding steroid dienone is 2. The Morgan fingerprint density at radius 2 is 0.733 bits per heavy atom. The van der Waals surface area contributed by atoms with Crippen molar-refractivity contribution in [3.63, 3.8) is 0 Å². The highest BCUT2D eigenvalue weighted by molar-refractivity contribution is 7.17. The molecule has 11 rings (SSSR count). The first-order valence-electron chi connectivity index (χ1n) is 18.8. The Kier molecular flexibility index (Phi) is 7.34. The van der Waals surface area contributed by atoms with Gasteiger partial charge in [-0.25, -0.2) is 17.6 Å². The number of carbonyl (C=O) groups is 4. The number of hydrogen-bond donors (Lipinski definition) is 0. The molecule has 0 saturated carbocycles. The quantitative estimate of drug-likeness (QED) is 0.0979. The van der Waals surface area contributed by atoms with Gasteiger partial charge < -0.3 is 9.47 Å². The second-order valence-electron chi connectivity index (χ2n) is 16.3. The highest BCUT2D eigenvalue weighted by Crippen LogP contribution is 2.56. The van der Waals surface area contributed by atoms with E-state index in [-0.39, 0.29) is 33.4 Å². The summed E-state index contributed by atoms with van der Waals surface area (Å²) in [5.41, 5.74) is 2.32. The van der Waals surface area contributed by atoms with Crippen molar-refractivity contribution >= 4 is 79.5 Å². The molecule has 2 aromatic heterocycles. The predicted octanol–water partition coefficient (Wildman–Crippen LogP) is 12.2. The first kappa shape index (κ1) is 36.6. The van der Waals surface area contributed by atoms with E-state index in [0.717, 1.165) is 56.3 Å². The summed E-state index contributed by atoms with van der Waals surface area (Å²) in [4.78, 5) is 57.1. The minimum absolute atomic E-state index is 0.0561. The number of ether oxygens (including phenoxy) is 2. The molecule has 60 heavy (non-hydrogen) atoms. The molecular formula is C48H26F4O6S2. The lowest BCUT2D eigenvalue weighted by molar-refractivity contribution is 0.0975. The van der Waals surface area contributed by atoms with Gasteiger partial charge in [0.15, 0.2) is 46.4 Å². The van der Waals surface area contributed by atoms with Crippen LogP contribution in [0.25, 0.3) is 54.6 Å². The number of rotatable bonds is 2. The lowest BCUT2D eigenvalue weighted by Gasteiger charge is -2.38. The van der Waals surface area contributed by atoms with E-state index < -0.39 is 57.6 Å². The minimum Gasteiger partial charge on any atom is -0.482 e. The average Bonchev–Trinajstić information content (AvgIpc) is 3.90. The molecule has 4 aliphatic rings. The van der Waals surface area contributed by atoms with Crippen LogP contribution in [0.2, 0.25) is 0 Å². The van der Waals surface area contributed by atoms with Crippen molar-refractivity contribution in [3.8, 4) is 32.4 Å². The van der Waals surface area contributed by atoms with Crippen LogP contribution in [-0.4, -0.2) is 23.1 Å². The normalized spacial score (nSPS) is 16.6. The molecule has 2 aliphatic carbocycles. The molecule has 0 N–H and O–H groups in total. The molecule has 0 bridgehead atoms. The Hall–Kier alpha value is -6.50. The molecule has 0 unspecified atom stereocenters. The van der Waals surface area contributed by atoms with Gasteiger partial charge in [-0.05, 0) is 134 Å². The summed E-state index contributed by atoms with van der Waals surface area (Å²) in [5, 5.41) is 1.24. The molecule has 0 atom stereocenters. The number of fused-ring (bicyclic) bond motifs is 10. The largest absolute Gasteiger partial charge is 0.482 e. The van der Waals surface area contributed by atoms with E-state index in [4.69, 9.17) is 9.47 Å². The van der Waals surface area contributed by atoms with Crippen LogP contribution in [0, 0.1) is 23.3 Å². The number of thiophene rings is 2. The summed E-state index contributed by atoms with van der Waals surface area (Å²) >= 11 is 2.72. The van der Waals surface area contributed by atoms with Gasteiger partial charge in [-0.3, -0.25) is 19.2 Å². The molecule has 0 saturated heterocycles. The van der Waals surface area contributed by atoms with Crippen molar-refractivity contribution in [2.45, 2.75) is 38.9 Å². The summed E-state index contributed by atoms with van der Waals surface area (Å²) in [6.45, 7) is 7.80. The minimum atomic E-state index is -1.05. The number of ketones is 4. The molecule has 0 spiro atoms. The zero-order valence-corrected chi connectivity index (χ0v) is 33.5. The highest BCUT2D eigenvalue weighted by atomic mass is 32.1. The monoisotopic (exact) mass is 838 g/mol. The van der Waals surface area contributed by atoms with E-state index in [0.29, 0.717) is 42.8 Å². The van der Waals surface area contributed by atoms with Crippen LogP contribution >= 0.6 is 22.7 Å². The zero-order valence-electron chi connectivity index (χ0n) is 31.9. The number of halogens is 4. The van der Waals surface area contributed by atoms with E-state index in [9.17, 15) is 36.7 Å². The predicted molar refractivity (Wildman–Crippen MR) is 221 cm³/mol. The van der Waals surface area contributed by atoms with Crippen molar-refractivity contribution in [2.75, 3.05) is 0 Å². The number of hydrogen-bond acceptors (Lipinski definition) is 8. The maximum absolute atomic E-state index is 14.0. The zero-order chi connectivity index (χ0) is 41.9. The Balaban J connectivity index is 0.963. The fraction of sp³-hybridized carbons (Fsp3) is 0.125. The Labute approximate surface area is 346 Å². The summed E-state index contributed by atoms with van der Waals surface area (Å²) in [5.74, 6) is -5.05. The van der Waals surface area contributed by atoms with Crippen molar-refractivity contribution in [3.05, 3.63) is 150 Å². The van der Waals surface area contributed by atoms with Crippen molar-refractivity contribution in [1.82, 2.24) is 0 Å². The number of carbonyl (C=O) groups excluding carboxylic acids is 4. The molecule has 0 amide bonds. The molecule has 4 heterocycles. The highest BCUT2D eigenvalue weighted by Gasteiger charge is 2.42. The second kappa shape index (κ2) is 12.0. The number of benzene rings is 5. The van der Waals surface area contributed by atoms with Crippen molar-refractivity contribution < 1.29 is 46.2 Å². The first-order valence-corrected chi connectivity index (χ1v) is 20.4. The molecule has 6 nitrogen and oxygen atoms in total. The van der Waals surface area contributed by atoms with Crippen LogP contribution < -0.4 is 9.47 Å². The molecule has 5 aromatic carbocycles. The van der Waals surface area contributed by atoms with Gasteiger partial charge >= 0.3 is 0 Å². The fourth-order valence-electron chi connectivity index (χ4n) is 8.76. The third kappa shape index (κ3) is 5.16. The SMILES string of the molecule is CC1(C)Oc2cc(C=C3C(=O)c4cc5cc(F)c(F)cc5cc4C3=O)sc2-c2cc3c(cc21)-c1sc(C=C2C(=O)c4cc5cc(F)c(F)cc5cc4C2=O)cc1OC3(C)C. The Morgan fingerprint density at radius 3 is 1.03 bits per heavy atom. The average molecular weight is 839 g/mol. The van der Waals surface area contributed by atoms with Crippen LogP contribution in [0.4, 0.5) is 17.6 Å². The standard InChI is InChI=1S/C48H26F4O6S2/c1-47(2)33-17-30-34(18-29(33)45-39(57-47)15-23(59-45)13-31-41(53)25-5-19-9-35(49)36(50)10-20(19)6-26(25)42(31)54)48(3,4)58-40-16-24(60-46(30)40)14-32-43(55)27-7-21-11-37(51)38(52)12-22(21)8-28(27)44(32)56/h5-18H,1-4H3. The topological polar surface area (TPSA) is 86.7 Å². The molecular weight excluding hydrogens is 813 g/mol. The van der Waals surface area contributed by atoms with E-state index in [1.165, 1.54) is 59.1 Å². The van der Waals surface area contributed by atoms with E-state index in [1.807, 2.05) is 27.7 Å². The Bertz CT molecular complexity index is 3000. The van der Waals surface area contributed by atoms with Gasteiger partial charge in [0.2, 0.25) is 0 Å². The molecule has 0 fully saturated rings. The van der Waals surface area contributed by atoms with Gasteiger partial charge in [0, 0.05) is 54.3 Å². The van der Waals surface area contributed by atoms with Crippen LogP contribution in [0.3, 0.4) is 0 Å². The second-order valence-corrected chi connectivity index (χ2v) is 18.5. The van der Waals surface area contributed by atoms with E-state index in [2.05, 4.69) is 12.1 Å². The lowest BCUT2D eigenvalue weighted by Crippen LogP contribution is -2.32. The van der Waals surface area contributed by atoms with E-state index >= 15 is 0 Å². The van der Waals surface area contributed by atoms with Gasteiger partial charge in [-0.1, -0.05) is 0 Å². The summed E-state index contributed by atoms with van der Waals surface area (Å²) in [6, 6.07) is 17.5. The molecule has 7 aromatic rings. The van der Waals surface area contributed by atoms with Crippen LogP contribution in [0.1, 0.15) is 90.0 Å². The first-order chi connectivity index (χ1) is 28.5. The van der Waals surface area contributed by atoms with Crippen molar-refractivity contribution in [1.29, 1.82) is 0 Å². The van der Waals surface area contributed by atoms with Crippen LogP contribution in [0.15, 0.2) is 83.9 Å². The smallest absolute Gasteiger partial charge is 0.197 e. The van der Waals surface area contributed by atoms with Gasteiger partial charge in [0.1, 0.15) is 22.7 Å². The van der Waals surface area contributed by atoms with Gasteiger partial charge in [-0.2, -0.15) is 0 Å². The molecule has 0 radical (unpaired) electrons. The van der Waals surface area contributed by atoms with Gasteiger partial charge in [0.05, 0.1) is 20.9 Å². The van der Waals surface area contributed by atoms with E-state index in [1.54, 1.807) is 12.1 Å². The summed E-state index contributed by atoms with van der Waals surface area (Å²) in [7, 11) is 0. The Morgan fingerprint density at radius 1 is 0.433 bits per heavy atom. The lowest BCUT2D eigenvalue weighted by atomic mass is 9.81. The van der Waals surface area contributed by atoms with Crippen molar-refractivity contribution in [2.24, 2.45) is 0 Å². The third-order valence-corrected chi connectivity index (χ3v) is 13.9. The maximum atomic E-state index is 14.0. The van der Waals surface area contributed by atoms with Crippen LogP contribution in [0.5, 0.6) is 11.5 Å². The fourth-order valence-corrected chi connectivity index (χ4v) is 10.9. The van der Waals surface area contributed by atoms with Crippen LogP contribution in [-0.2, 0) is 11.2 Å². The number of Topliss-reactive ketones (excluding diaryl/α,β-unsaturated/α-hetero) is 4. The molecule has 2 aliphatic heterocycles. The molecule has 294 valence electrons. The summed E-state index contributed by atoms with van der Waals surface area (Å²) < 4.78 is 69.2. The van der Waals surface area contributed by atoms with Gasteiger partial charge in [-0.15, -0.1) is 22.7 Å². The van der Waals surface area contributed by atoms with Gasteiger partial charge in [0.25, 0.3) is 0 Å². The maximum Gasteiger partial charge on any atom is 0.197 e. The molecule has 12 heteroatoms. The third-order valence-electron chi connectivity index (χ3n) is 11.7. The summed E-state index contributed by atoms with van der Waals surface area (Å²) in [6.07, 6.45) is 3.07.